The molecule has 31 heavy (non-hydrogen) atoms. The van der Waals surface area contributed by atoms with Gasteiger partial charge in [0.15, 0.2) is 0 Å². The second kappa shape index (κ2) is 7.93. The number of rotatable bonds is 2. The highest BCUT2D eigenvalue weighted by Crippen LogP contribution is 2.34. The average molecular weight is 448 g/mol. The van der Waals surface area contributed by atoms with Crippen LogP contribution in [0.5, 0.6) is 0 Å². The first-order valence-corrected chi connectivity index (χ1v) is 10.5. The Morgan fingerprint density at radius 2 is 1.68 bits per heavy atom. The summed E-state index contributed by atoms with van der Waals surface area (Å²) in [5.41, 5.74) is 5.80. The van der Waals surface area contributed by atoms with E-state index in [1.165, 1.54) is 12.1 Å². The Hall–Kier alpha value is -2.98. The number of aromatic nitrogens is 1. The van der Waals surface area contributed by atoms with Crippen molar-refractivity contribution < 1.29 is 9.50 Å². The molecule has 0 saturated heterocycles. The van der Waals surface area contributed by atoms with Gasteiger partial charge in [0.05, 0.1) is 16.2 Å². The number of benzene rings is 3. The van der Waals surface area contributed by atoms with Gasteiger partial charge in [-0.15, -0.1) is 0 Å². The molecule has 1 N–H and O–H groups in total. The molecule has 1 unspecified atom stereocenters. The van der Waals surface area contributed by atoms with Crippen molar-refractivity contribution in [2.45, 2.75) is 6.10 Å². The van der Waals surface area contributed by atoms with Crippen LogP contribution < -0.4 is 0 Å². The van der Waals surface area contributed by atoms with Gasteiger partial charge in [-0.2, -0.15) is 0 Å². The highest BCUT2D eigenvalue weighted by atomic mass is 35.5. The molecule has 1 aliphatic carbocycles. The van der Waals surface area contributed by atoms with Crippen LogP contribution in [0.15, 0.2) is 60.7 Å². The third kappa shape index (κ3) is 3.88. The first-order valence-electron chi connectivity index (χ1n) is 9.71. The van der Waals surface area contributed by atoms with Gasteiger partial charge in [0.2, 0.25) is 0 Å². The van der Waals surface area contributed by atoms with E-state index in [2.05, 4.69) is 4.98 Å². The SMILES string of the molecule is OC1c2ccc(Cl)cc2C=Cc2ccc(/C=C/c3ccc4cc(F)c(Cl)cc4n3)cc21. The lowest BCUT2D eigenvalue weighted by Gasteiger charge is -2.15. The quantitative estimate of drug-likeness (QED) is 0.346. The van der Waals surface area contributed by atoms with Gasteiger partial charge < -0.3 is 5.11 Å². The molecule has 1 aromatic heterocycles. The van der Waals surface area contributed by atoms with Crippen molar-refractivity contribution >= 4 is 58.4 Å². The molecule has 0 saturated carbocycles. The molecule has 152 valence electrons. The van der Waals surface area contributed by atoms with E-state index in [4.69, 9.17) is 23.2 Å². The summed E-state index contributed by atoms with van der Waals surface area (Å²) < 4.78 is 13.6. The largest absolute Gasteiger partial charge is 0.384 e. The third-order valence-electron chi connectivity index (χ3n) is 5.39. The number of hydrogen-bond acceptors (Lipinski definition) is 2. The van der Waals surface area contributed by atoms with Gasteiger partial charge in [0.1, 0.15) is 11.9 Å². The number of halogens is 3. The van der Waals surface area contributed by atoms with Gasteiger partial charge in [-0.05, 0) is 70.3 Å². The molecule has 1 atom stereocenters. The Morgan fingerprint density at radius 1 is 0.839 bits per heavy atom. The lowest BCUT2D eigenvalue weighted by molar-refractivity contribution is 0.220. The molecule has 0 bridgehead atoms. The zero-order valence-electron chi connectivity index (χ0n) is 16.2. The Labute approximate surface area is 188 Å². The number of aliphatic hydroxyl groups is 1. The lowest BCUT2D eigenvalue weighted by Crippen LogP contribution is -2.02. The van der Waals surface area contributed by atoms with Gasteiger partial charge in [-0.3, -0.25) is 0 Å². The van der Waals surface area contributed by atoms with Crippen LogP contribution in [-0.4, -0.2) is 10.1 Å². The molecular weight excluding hydrogens is 432 g/mol. The fourth-order valence-corrected chi connectivity index (χ4v) is 4.12. The van der Waals surface area contributed by atoms with Crippen LogP contribution in [-0.2, 0) is 0 Å². The smallest absolute Gasteiger partial charge is 0.142 e. The second-order valence-corrected chi connectivity index (χ2v) is 8.27. The summed E-state index contributed by atoms with van der Waals surface area (Å²) in [7, 11) is 0. The predicted octanol–water partition coefficient (Wildman–Crippen LogP) is 7.42. The topological polar surface area (TPSA) is 33.1 Å². The Kier molecular flexibility index (Phi) is 5.11. The maximum atomic E-state index is 13.6. The molecule has 0 aliphatic heterocycles. The fourth-order valence-electron chi connectivity index (χ4n) is 3.78. The van der Waals surface area contributed by atoms with Crippen LogP contribution in [0.25, 0.3) is 35.2 Å². The Balaban J connectivity index is 1.48. The summed E-state index contributed by atoms with van der Waals surface area (Å²) in [5, 5.41) is 12.4. The van der Waals surface area contributed by atoms with Crippen molar-refractivity contribution in [2.75, 3.05) is 0 Å². The highest BCUT2D eigenvalue weighted by Gasteiger charge is 2.19. The molecule has 5 rings (SSSR count). The number of aliphatic hydroxyl groups excluding tert-OH is 1. The Morgan fingerprint density at radius 3 is 2.55 bits per heavy atom. The number of nitrogens with zero attached hydrogens (tertiary/aromatic N) is 1. The normalized spacial score (nSPS) is 15.2. The van der Waals surface area contributed by atoms with E-state index in [-0.39, 0.29) is 5.02 Å². The molecule has 3 aromatic carbocycles. The van der Waals surface area contributed by atoms with Crippen molar-refractivity contribution in [3.63, 3.8) is 0 Å². The summed E-state index contributed by atoms with van der Waals surface area (Å²) in [6.45, 7) is 0. The van der Waals surface area contributed by atoms with Gasteiger partial charge in [0.25, 0.3) is 0 Å². The minimum atomic E-state index is -0.749. The molecule has 4 aromatic rings. The maximum Gasteiger partial charge on any atom is 0.142 e. The molecule has 0 fully saturated rings. The molecular formula is C26H16Cl2FNO. The number of pyridine rings is 1. The van der Waals surface area contributed by atoms with Crippen LogP contribution in [0.3, 0.4) is 0 Å². The first-order chi connectivity index (χ1) is 15.0. The van der Waals surface area contributed by atoms with E-state index < -0.39 is 11.9 Å². The second-order valence-electron chi connectivity index (χ2n) is 7.43. The van der Waals surface area contributed by atoms with Gasteiger partial charge in [0, 0.05) is 10.4 Å². The molecule has 2 nitrogen and oxygen atoms in total. The van der Waals surface area contributed by atoms with E-state index in [0.717, 1.165) is 33.5 Å². The minimum absolute atomic E-state index is 0.0514. The monoisotopic (exact) mass is 447 g/mol. The van der Waals surface area contributed by atoms with Crippen molar-refractivity contribution in [3.8, 4) is 0 Å². The number of hydrogen-bond donors (Lipinski definition) is 1. The van der Waals surface area contributed by atoms with Crippen molar-refractivity contribution in [3.05, 3.63) is 110 Å². The summed E-state index contributed by atoms with van der Waals surface area (Å²) >= 11 is 12.0. The highest BCUT2D eigenvalue weighted by molar-refractivity contribution is 6.31. The molecule has 0 spiro atoms. The summed E-state index contributed by atoms with van der Waals surface area (Å²) in [5.74, 6) is -0.458. The summed E-state index contributed by atoms with van der Waals surface area (Å²) in [4.78, 5) is 4.54. The van der Waals surface area contributed by atoms with E-state index in [1.54, 1.807) is 6.07 Å². The molecule has 1 heterocycles. The molecule has 0 radical (unpaired) electrons. The van der Waals surface area contributed by atoms with Crippen LogP contribution >= 0.6 is 23.2 Å². The van der Waals surface area contributed by atoms with E-state index in [0.29, 0.717) is 15.9 Å². The van der Waals surface area contributed by atoms with Crippen LogP contribution in [0.4, 0.5) is 4.39 Å². The first kappa shape index (κ1) is 20.0. The number of fused-ring (bicyclic) bond motifs is 3. The van der Waals surface area contributed by atoms with Gasteiger partial charge in [-0.25, -0.2) is 9.37 Å². The molecule has 0 amide bonds. The van der Waals surface area contributed by atoms with Crippen LogP contribution in [0, 0.1) is 5.82 Å². The zero-order valence-corrected chi connectivity index (χ0v) is 17.7. The van der Waals surface area contributed by atoms with Crippen molar-refractivity contribution in [1.29, 1.82) is 0 Å². The maximum absolute atomic E-state index is 13.6. The standard InChI is InChI=1S/C26H16Cl2FNO/c27-19-7-10-21-17(12-19)5-4-16-3-1-15(11-22(16)26(21)31)2-8-20-9-6-18-13-24(29)23(28)14-25(18)30-20/h1-14,26,31H/b8-2+. The van der Waals surface area contributed by atoms with Crippen molar-refractivity contribution in [2.24, 2.45) is 0 Å². The summed E-state index contributed by atoms with van der Waals surface area (Å²) in [6.07, 6.45) is 7.02. The van der Waals surface area contributed by atoms with Crippen molar-refractivity contribution in [1.82, 2.24) is 4.98 Å². The minimum Gasteiger partial charge on any atom is -0.384 e. The predicted molar refractivity (Wildman–Crippen MR) is 127 cm³/mol. The third-order valence-corrected chi connectivity index (χ3v) is 5.92. The van der Waals surface area contributed by atoms with Crippen LogP contribution in [0.2, 0.25) is 10.0 Å². The Bertz CT molecular complexity index is 1390. The average Bonchev–Trinajstić information content (AvgIpc) is 2.89. The summed E-state index contributed by atoms with van der Waals surface area (Å²) in [6, 6.07) is 18.0. The lowest BCUT2D eigenvalue weighted by atomic mass is 9.95. The van der Waals surface area contributed by atoms with E-state index in [1.807, 2.05) is 66.8 Å². The van der Waals surface area contributed by atoms with E-state index >= 15 is 0 Å². The zero-order chi connectivity index (χ0) is 21.5. The fraction of sp³-hybridized carbons (Fsp3) is 0.0385. The molecule has 5 heteroatoms. The van der Waals surface area contributed by atoms with Gasteiger partial charge in [-0.1, -0.05) is 65.7 Å². The van der Waals surface area contributed by atoms with Crippen LogP contribution in [0.1, 0.15) is 39.6 Å². The van der Waals surface area contributed by atoms with E-state index in [9.17, 15) is 9.50 Å². The molecule has 1 aliphatic rings. The van der Waals surface area contributed by atoms with Gasteiger partial charge >= 0.3 is 0 Å².